The maximum atomic E-state index is 6.10. The molecule has 0 amide bonds. The maximum Gasteiger partial charge on any atom is 0.170 e. The number of hydrogen-bond donors (Lipinski definition) is 1. The number of nitrogens with two attached hydrogens (primary N) is 1. The molecule has 0 saturated heterocycles. The molecule has 1 heterocycles. The third kappa shape index (κ3) is 1.15. The fraction of sp³-hybridized carbons (Fsp3) is 0.462. The monoisotopic (exact) mass is 216 g/mol. The van der Waals surface area contributed by atoms with Gasteiger partial charge in [-0.3, -0.25) is 0 Å². The second kappa shape index (κ2) is 3.08. The van der Waals surface area contributed by atoms with Crippen LogP contribution >= 0.6 is 0 Å². The van der Waals surface area contributed by atoms with Gasteiger partial charge in [-0.25, -0.2) is 0 Å². The maximum absolute atomic E-state index is 6.10. The molecule has 1 aromatic heterocycles. The average molecular weight is 216 g/mol. The second-order valence-electron chi connectivity index (χ2n) is 4.90. The Balaban J connectivity index is 2.25. The summed E-state index contributed by atoms with van der Waals surface area (Å²) < 4.78 is 5.45. The average Bonchev–Trinajstić information content (AvgIpc) is 3.00. The summed E-state index contributed by atoms with van der Waals surface area (Å²) in [6.45, 7) is 4.05. The lowest BCUT2D eigenvalue weighted by Gasteiger charge is -2.19. The predicted molar refractivity (Wildman–Crippen MR) is 63.3 cm³/mol. The number of nitrogens with zero attached hydrogens (tertiary/aromatic N) is 1. The summed E-state index contributed by atoms with van der Waals surface area (Å²) in [5.74, 6) is 0. The molecule has 2 aromatic rings. The summed E-state index contributed by atoms with van der Waals surface area (Å²) in [5.41, 5.74) is 9.35. The highest BCUT2D eigenvalue weighted by molar-refractivity contribution is 5.83. The first-order chi connectivity index (χ1) is 7.65. The molecule has 1 saturated carbocycles. The highest BCUT2D eigenvalue weighted by Crippen LogP contribution is 2.52. The molecule has 3 heteroatoms. The Bertz CT molecular complexity index is 538. The summed E-state index contributed by atoms with van der Waals surface area (Å²) in [4.78, 5) is 0. The summed E-state index contributed by atoms with van der Waals surface area (Å²) in [7, 11) is 0. The van der Waals surface area contributed by atoms with Gasteiger partial charge >= 0.3 is 0 Å². The molecule has 1 aliphatic carbocycles. The quantitative estimate of drug-likeness (QED) is 0.839. The Hall–Kier alpha value is -1.35. The van der Waals surface area contributed by atoms with Gasteiger partial charge in [0.1, 0.15) is 0 Å². The van der Waals surface area contributed by atoms with E-state index in [-0.39, 0.29) is 11.5 Å². The third-order valence-corrected chi connectivity index (χ3v) is 3.88. The van der Waals surface area contributed by atoms with Crippen LogP contribution in [0.3, 0.4) is 0 Å². The van der Waals surface area contributed by atoms with Crippen LogP contribution in [-0.4, -0.2) is 11.2 Å². The number of fused-ring (bicyclic) bond motifs is 1. The van der Waals surface area contributed by atoms with E-state index in [1.165, 1.54) is 5.56 Å². The van der Waals surface area contributed by atoms with E-state index in [9.17, 15) is 0 Å². The number of aromatic nitrogens is 1. The molecule has 1 fully saturated rings. The van der Waals surface area contributed by atoms with Crippen LogP contribution in [0.4, 0.5) is 0 Å². The molecule has 16 heavy (non-hydrogen) atoms. The standard InChI is InChI=1S/C13H16N2O/c1-8-10-4-3-5-11(12(10)16-15-8)13(6-7-13)9(2)14/h3-5,9H,6-7,14H2,1-2H3. The van der Waals surface area contributed by atoms with Crippen LogP contribution in [0.5, 0.6) is 0 Å². The van der Waals surface area contributed by atoms with Crippen LogP contribution in [0.2, 0.25) is 0 Å². The molecular formula is C13H16N2O. The molecule has 3 rings (SSSR count). The highest BCUT2D eigenvalue weighted by atomic mass is 16.5. The van der Waals surface area contributed by atoms with Gasteiger partial charge < -0.3 is 10.3 Å². The number of rotatable bonds is 2. The van der Waals surface area contributed by atoms with Crippen molar-refractivity contribution in [2.45, 2.75) is 38.1 Å². The highest BCUT2D eigenvalue weighted by Gasteiger charge is 2.49. The molecule has 84 valence electrons. The van der Waals surface area contributed by atoms with E-state index >= 15 is 0 Å². The smallest absolute Gasteiger partial charge is 0.170 e. The minimum Gasteiger partial charge on any atom is -0.356 e. The van der Waals surface area contributed by atoms with Crippen molar-refractivity contribution >= 4 is 11.0 Å². The Morgan fingerprint density at radius 3 is 2.81 bits per heavy atom. The molecule has 1 aromatic carbocycles. The normalized spacial score (nSPS) is 19.9. The van der Waals surface area contributed by atoms with Gasteiger partial charge in [0, 0.05) is 22.4 Å². The van der Waals surface area contributed by atoms with Gasteiger partial charge in [0.2, 0.25) is 0 Å². The van der Waals surface area contributed by atoms with Gasteiger partial charge in [-0.05, 0) is 32.8 Å². The van der Waals surface area contributed by atoms with E-state index in [1.54, 1.807) is 0 Å². The molecular weight excluding hydrogens is 200 g/mol. The van der Waals surface area contributed by atoms with Gasteiger partial charge in [-0.15, -0.1) is 0 Å². The van der Waals surface area contributed by atoms with Gasteiger partial charge in [0.15, 0.2) is 5.58 Å². The van der Waals surface area contributed by atoms with Gasteiger partial charge in [-0.1, -0.05) is 17.3 Å². The molecule has 2 N–H and O–H groups in total. The second-order valence-corrected chi connectivity index (χ2v) is 4.90. The van der Waals surface area contributed by atoms with Crippen LogP contribution in [0, 0.1) is 6.92 Å². The molecule has 1 aliphatic rings. The number of aryl methyl sites for hydroxylation is 1. The van der Waals surface area contributed by atoms with Crippen molar-refractivity contribution < 1.29 is 4.52 Å². The first-order valence-electron chi connectivity index (χ1n) is 5.76. The lowest BCUT2D eigenvalue weighted by atomic mass is 9.88. The SMILES string of the molecule is Cc1noc2c(C3(C(C)N)CC3)cccc12. The van der Waals surface area contributed by atoms with Crippen LogP contribution in [0.1, 0.15) is 31.0 Å². The lowest BCUT2D eigenvalue weighted by Crippen LogP contribution is -2.31. The van der Waals surface area contributed by atoms with Crippen LogP contribution in [0.25, 0.3) is 11.0 Å². The van der Waals surface area contributed by atoms with Crippen molar-refractivity contribution in [1.29, 1.82) is 0 Å². The molecule has 0 aliphatic heterocycles. The third-order valence-electron chi connectivity index (χ3n) is 3.88. The minimum atomic E-state index is 0.130. The van der Waals surface area contributed by atoms with Crippen molar-refractivity contribution in [1.82, 2.24) is 5.16 Å². The van der Waals surface area contributed by atoms with Crippen molar-refractivity contribution in [3.8, 4) is 0 Å². The van der Waals surface area contributed by atoms with Crippen LogP contribution < -0.4 is 5.73 Å². The number of hydrogen-bond acceptors (Lipinski definition) is 3. The summed E-state index contributed by atoms with van der Waals surface area (Å²) in [6.07, 6.45) is 2.31. The van der Waals surface area contributed by atoms with Crippen molar-refractivity contribution in [2.24, 2.45) is 5.73 Å². The summed E-state index contributed by atoms with van der Waals surface area (Å²) >= 11 is 0. The predicted octanol–water partition coefficient (Wildman–Crippen LogP) is 2.52. The van der Waals surface area contributed by atoms with Crippen LogP contribution in [0.15, 0.2) is 22.7 Å². The fourth-order valence-corrected chi connectivity index (χ4v) is 2.58. The van der Waals surface area contributed by atoms with E-state index < -0.39 is 0 Å². The van der Waals surface area contributed by atoms with Crippen LogP contribution in [-0.2, 0) is 5.41 Å². The summed E-state index contributed by atoms with van der Waals surface area (Å²) in [5, 5.41) is 5.16. The van der Waals surface area contributed by atoms with Gasteiger partial charge in [-0.2, -0.15) is 0 Å². The van der Waals surface area contributed by atoms with Gasteiger partial charge in [0.05, 0.1) is 5.69 Å². The number of para-hydroxylation sites is 1. The molecule has 1 atom stereocenters. The Labute approximate surface area is 94.6 Å². The topological polar surface area (TPSA) is 52.0 Å². The molecule has 0 bridgehead atoms. The Morgan fingerprint density at radius 2 is 2.19 bits per heavy atom. The van der Waals surface area contributed by atoms with E-state index in [0.717, 1.165) is 29.5 Å². The Morgan fingerprint density at radius 1 is 1.44 bits per heavy atom. The zero-order chi connectivity index (χ0) is 11.3. The number of benzene rings is 1. The zero-order valence-corrected chi connectivity index (χ0v) is 9.66. The van der Waals surface area contributed by atoms with Crippen molar-refractivity contribution in [3.05, 3.63) is 29.5 Å². The molecule has 0 radical (unpaired) electrons. The van der Waals surface area contributed by atoms with Gasteiger partial charge in [0.25, 0.3) is 0 Å². The summed E-state index contributed by atoms with van der Waals surface area (Å²) in [6, 6.07) is 6.43. The lowest BCUT2D eigenvalue weighted by molar-refractivity contribution is 0.441. The minimum absolute atomic E-state index is 0.130. The van der Waals surface area contributed by atoms with E-state index in [0.29, 0.717) is 0 Å². The largest absolute Gasteiger partial charge is 0.356 e. The Kier molecular flexibility index (Phi) is 1.89. The molecule has 0 spiro atoms. The molecule has 1 unspecified atom stereocenters. The first kappa shape index (κ1) is 9.85. The van der Waals surface area contributed by atoms with E-state index in [1.807, 2.05) is 6.92 Å². The van der Waals surface area contributed by atoms with E-state index in [2.05, 4.69) is 30.3 Å². The zero-order valence-electron chi connectivity index (χ0n) is 9.66. The fourth-order valence-electron chi connectivity index (χ4n) is 2.58. The first-order valence-corrected chi connectivity index (χ1v) is 5.76. The molecule has 3 nitrogen and oxygen atoms in total. The van der Waals surface area contributed by atoms with E-state index in [4.69, 9.17) is 10.3 Å². The van der Waals surface area contributed by atoms with Crippen molar-refractivity contribution in [2.75, 3.05) is 0 Å². The van der Waals surface area contributed by atoms with Crippen molar-refractivity contribution in [3.63, 3.8) is 0 Å².